The molecule has 7 heteroatoms. The lowest BCUT2D eigenvalue weighted by Gasteiger charge is -2.28. The van der Waals surface area contributed by atoms with Crippen LogP contribution in [0.5, 0.6) is 0 Å². The lowest BCUT2D eigenvalue weighted by molar-refractivity contribution is 0.0939. The number of ether oxygens (including phenoxy) is 1. The van der Waals surface area contributed by atoms with Crippen LogP contribution in [0.25, 0.3) is 0 Å². The minimum Gasteiger partial charge on any atom is -0.445 e. The summed E-state index contributed by atoms with van der Waals surface area (Å²) in [5.74, 6) is -0.210. The van der Waals surface area contributed by atoms with Crippen LogP contribution in [0.4, 0.5) is 4.79 Å². The highest BCUT2D eigenvalue weighted by Crippen LogP contribution is 2.21. The zero-order valence-corrected chi connectivity index (χ0v) is 13.9. The third-order valence-corrected chi connectivity index (χ3v) is 4.20. The largest absolute Gasteiger partial charge is 0.445 e. The maximum absolute atomic E-state index is 11.9. The Labute approximate surface area is 130 Å². The van der Waals surface area contributed by atoms with E-state index in [1.54, 1.807) is 20.9 Å². The molecule has 0 atom stereocenters. The Kier molecular flexibility index (Phi) is 6.04. The van der Waals surface area contributed by atoms with Crippen molar-refractivity contribution in [1.82, 2.24) is 4.90 Å². The van der Waals surface area contributed by atoms with Crippen LogP contribution in [0, 0.1) is 5.41 Å². The summed E-state index contributed by atoms with van der Waals surface area (Å²) in [5, 5.41) is 0. The van der Waals surface area contributed by atoms with E-state index in [4.69, 9.17) is 15.4 Å². The lowest BCUT2D eigenvalue weighted by Crippen LogP contribution is -2.39. The molecule has 1 amide bonds. The van der Waals surface area contributed by atoms with Crippen molar-refractivity contribution in [2.24, 2.45) is 5.41 Å². The molecule has 0 saturated heterocycles. The average molecular weight is 334 g/mol. The number of rotatable bonds is 6. The molecule has 1 aromatic carbocycles. The van der Waals surface area contributed by atoms with Gasteiger partial charge in [0.05, 0.1) is 5.75 Å². The normalized spacial score (nSPS) is 12.0. The Morgan fingerprint density at radius 2 is 1.86 bits per heavy atom. The molecule has 5 nitrogen and oxygen atoms in total. The van der Waals surface area contributed by atoms with Crippen LogP contribution in [0.1, 0.15) is 19.4 Å². The van der Waals surface area contributed by atoms with Crippen molar-refractivity contribution in [2.45, 2.75) is 20.5 Å². The third-order valence-electron chi connectivity index (χ3n) is 2.75. The first kappa shape index (κ1) is 17.8. The van der Waals surface area contributed by atoms with Gasteiger partial charge in [-0.05, 0) is 11.0 Å². The van der Waals surface area contributed by atoms with E-state index >= 15 is 0 Å². The standard InChI is InChI=1S/C14H20ClNO4S/c1-14(2,11-21(15,18)19)10-16(3)13(17)20-9-12-7-5-4-6-8-12/h4-8H,9-11H2,1-3H3. The summed E-state index contributed by atoms with van der Waals surface area (Å²) in [7, 11) is 3.21. The fourth-order valence-electron chi connectivity index (χ4n) is 2.05. The minimum absolute atomic E-state index is 0.179. The van der Waals surface area contributed by atoms with Gasteiger partial charge in [-0.3, -0.25) is 0 Å². The van der Waals surface area contributed by atoms with E-state index in [-0.39, 0.29) is 18.9 Å². The quantitative estimate of drug-likeness (QED) is 0.751. The average Bonchev–Trinajstić information content (AvgIpc) is 2.33. The van der Waals surface area contributed by atoms with Crippen LogP contribution in [0.2, 0.25) is 0 Å². The summed E-state index contributed by atoms with van der Waals surface area (Å²) in [6, 6.07) is 9.32. The van der Waals surface area contributed by atoms with Crippen LogP contribution < -0.4 is 0 Å². The number of carbonyl (C=O) groups excluding carboxylic acids is 1. The number of hydrogen-bond acceptors (Lipinski definition) is 4. The maximum atomic E-state index is 11.9. The van der Waals surface area contributed by atoms with Gasteiger partial charge in [0.1, 0.15) is 6.61 Å². The van der Waals surface area contributed by atoms with E-state index in [0.29, 0.717) is 0 Å². The van der Waals surface area contributed by atoms with Crippen molar-refractivity contribution in [2.75, 3.05) is 19.3 Å². The number of nitrogens with zero attached hydrogens (tertiary/aromatic N) is 1. The SMILES string of the molecule is CN(CC(C)(C)CS(=O)(=O)Cl)C(=O)OCc1ccccc1. The van der Waals surface area contributed by atoms with Gasteiger partial charge >= 0.3 is 6.09 Å². The van der Waals surface area contributed by atoms with E-state index < -0.39 is 20.6 Å². The number of amides is 1. The maximum Gasteiger partial charge on any atom is 0.409 e. The van der Waals surface area contributed by atoms with Crippen molar-refractivity contribution in [3.8, 4) is 0 Å². The van der Waals surface area contributed by atoms with Gasteiger partial charge in [0.25, 0.3) is 0 Å². The first-order chi connectivity index (χ1) is 9.59. The number of carbonyl (C=O) groups is 1. The summed E-state index contributed by atoms with van der Waals surface area (Å²) in [6.45, 7) is 3.87. The molecule has 0 aliphatic heterocycles. The highest BCUT2D eigenvalue weighted by atomic mass is 35.7. The minimum atomic E-state index is -3.61. The zero-order valence-electron chi connectivity index (χ0n) is 12.4. The van der Waals surface area contributed by atoms with Crippen LogP contribution in [0.15, 0.2) is 30.3 Å². The molecule has 0 saturated carbocycles. The molecule has 0 fully saturated rings. The van der Waals surface area contributed by atoms with E-state index in [0.717, 1.165) is 5.56 Å². The molecule has 0 heterocycles. The van der Waals surface area contributed by atoms with Gasteiger partial charge < -0.3 is 9.64 Å². The number of hydrogen-bond donors (Lipinski definition) is 0. The second-order valence-electron chi connectivity index (χ2n) is 5.74. The van der Waals surface area contributed by atoms with Gasteiger partial charge in [0.15, 0.2) is 0 Å². The van der Waals surface area contributed by atoms with E-state index in [1.165, 1.54) is 4.90 Å². The summed E-state index contributed by atoms with van der Waals surface area (Å²) in [4.78, 5) is 13.2. The lowest BCUT2D eigenvalue weighted by atomic mass is 9.96. The summed E-state index contributed by atoms with van der Waals surface area (Å²) >= 11 is 0. The smallest absolute Gasteiger partial charge is 0.409 e. The molecular formula is C14H20ClNO4S. The van der Waals surface area contributed by atoms with Crippen molar-refractivity contribution in [1.29, 1.82) is 0 Å². The molecule has 0 aliphatic rings. The van der Waals surface area contributed by atoms with E-state index in [1.807, 2.05) is 30.3 Å². The Balaban J connectivity index is 2.51. The second kappa shape index (κ2) is 7.13. The van der Waals surface area contributed by atoms with Crippen molar-refractivity contribution in [3.63, 3.8) is 0 Å². The molecule has 21 heavy (non-hydrogen) atoms. The van der Waals surface area contributed by atoms with Gasteiger partial charge in [0.2, 0.25) is 9.05 Å². The fourth-order valence-corrected chi connectivity index (χ4v) is 3.96. The number of benzene rings is 1. The van der Waals surface area contributed by atoms with Crippen LogP contribution in [-0.4, -0.2) is 38.8 Å². The predicted molar refractivity (Wildman–Crippen MR) is 82.7 cm³/mol. The third kappa shape index (κ3) is 7.34. The van der Waals surface area contributed by atoms with Gasteiger partial charge in [-0.25, -0.2) is 13.2 Å². The zero-order chi connectivity index (χ0) is 16.1. The van der Waals surface area contributed by atoms with Gasteiger partial charge in [-0.1, -0.05) is 44.2 Å². The van der Waals surface area contributed by atoms with E-state index in [2.05, 4.69) is 0 Å². The van der Waals surface area contributed by atoms with Crippen molar-refractivity contribution >= 4 is 25.8 Å². The van der Waals surface area contributed by atoms with Gasteiger partial charge in [-0.2, -0.15) is 0 Å². The molecule has 0 spiro atoms. The van der Waals surface area contributed by atoms with Crippen LogP contribution >= 0.6 is 10.7 Å². The highest BCUT2D eigenvalue weighted by Gasteiger charge is 2.28. The molecule has 1 rings (SSSR count). The highest BCUT2D eigenvalue weighted by molar-refractivity contribution is 8.13. The Hall–Kier alpha value is -1.27. The molecule has 0 N–H and O–H groups in total. The van der Waals surface area contributed by atoms with Crippen molar-refractivity contribution < 1.29 is 17.9 Å². The van der Waals surface area contributed by atoms with Crippen molar-refractivity contribution in [3.05, 3.63) is 35.9 Å². The van der Waals surface area contributed by atoms with E-state index in [9.17, 15) is 13.2 Å². The van der Waals surface area contributed by atoms with Crippen LogP contribution in [-0.2, 0) is 20.4 Å². The molecule has 0 bridgehead atoms. The monoisotopic (exact) mass is 333 g/mol. The van der Waals surface area contributed by atoms with Gasteiger partial charge in [0, 0.05) is 24.3 Å². The Morgan fingerprint density at radius 1 is 1.29 bits per heavy atom. The molecule has 0 radical (unpaired) electrons. The fraction of sp³-hybridized carbons (Fsp3) is 0.500. The second-order valence-corrected chi connectivity index (χ2v) is 8.52. The molecular weight excluding hydrogens is 314 g/mol. The van der Waals surface area contributed by atoms with Crippen LogP contribution in [0.3, 0.4) is 0 Å². The molecule has 1 aromatic rings. The summed E-state index contributed by atoms with van der Waals surface area (Å²) in [6.07, 6.45) is -0.501. The summed E-state index contributed by atoms with van der Waals surface area (Å²) in [5.41, 5.74) is 0.239. The Bertz CT molecular complexity index is 572. The Morgan fingerprint density at radius 3 is 2.38 bits per heavy atom. The topological polar surface area (TPSA) is 63.7 Å². The molecule has 118 valence electrons. The molecule has 0 aliphatic carbocycles. The molecule has 0 aromatic heterocycles. The number of halogens is 1. The first-order valence-electron chi connectivity index (χ1n) is 6.43. The first-order valence-corrected chi connectivity index (χ1v) is 8.91. The van der Waals surface area contributed by atoms with Gasteiger partial charge in [-0.15, -0.1) is 0 Å². The predicted octanol–water partition coefficient (Wildman–Crippen LogP) is 2.85. The summed E-state index contributed by atoms with van der Waals surface area (Å²) < 4.78 is 27.4. The molecule has 0 unspecified atom stereocenters.